The number of nitrogens with one attached hydrogen (secondary N) is 1. The fraction of sp³-hybridized carbons (Fsp3) is 0.783. The van der Waals surface area contributed by atoms with Gasteiger partial charge >= 0.3 is 5.97 Å². The van der Waals surface area contributed by atoms with Crippen LogP contribution in [-0.4, -0.2) is 79.2 Å². The van der Waals surface area contributed by atoms with Crippen LogP contribution in [0, 0.1) is 56.7 Å². The molecule has 1 aliphatic heterocycles. The third-order valence-electron chi connectivity index (χ3n) is 18.3. The number of carboxylic acids is 1. The molecular weight excluding hydrogens is 739 g/mol. The Kier molecular flexibility index (Phi) is 10.4. The summed E-state index contributed by atoms with van der Waals surface area (Å²) < 4.78 is 30.1. The Morgan fingerprint density at radius 3 is 2.41 bits per heavy atom. The summed E-state index contributed by atoms with van der Waals surface area (Å²) in [5.41, 5.74) is 4.18. The van der Waals surface area contributed by atoms with Crippen molar-refractivity contribution >= 4 is 27.1 Å². The second kappa shape index (κ2) is 14.3. The van der Waals surface area contributed by atoms with Crippen LogP contribution < -0.4 is 10.1 Å². The smallest absolute Gasteiger partial charge is 0.313 e. The van der Waals surface area contributed by atoms with E-state index < -0.39 is 21.2 Å². The molecule has 0 spiro atoms. The van der Waals surface area contributed by atoms with Crippen LogP contribution in [0.15, 0.2) is 47.0 Å². The minimum atomic E-state index is -2.87. The van der Waals surface area contributed by atoms with E-state index in [2.05, 4.69) is 75.5 Å². The summed E-state index contributed by atoms with van der Waals surface area (Å²) in [6.45, 7) is 23.3. The number of ether oxygens (including phenoxy) is 1. The van der Waals surface area contributed by atoms with Crippen LogP contribution >= 0.6 is 11.3 Å². The number of carbonyl (C=O) groups is 1. The normalized spacial score (nSPS) is 42.9. The summed E-state index contributed by atoms with van der Waals surface area (Å²) in [5, 5.41) is 17.0. The molecule has 10 atom stereocenters. The first-order valence-corrected chi connectivity index (χ1v) is 24.6. The zero-order chi connectivity index (χ0) is 39.9. The number of sulfone groups is 1. The summed E-state index contributed by atoms with van der Waals surface area (Å²) in [4.78, 5) is 19.2. The summed E-state index contributed by atoms with van der Waals surface area (Å²) in [6.07, 6.45) is 19.6. The van der Waals surface area contributed by atoms with Gasteiger partial charge in [-0.2, -0.15) is 0 Å². The van der Waals surface area contributed by atoms with Gasteiger partial charge in [-0.15, -0.1) is 0 Å². The number of carboxylic acid groups (broad SMARTS) is 1. The first-order chi connectivity index (χ1) is 26.4. The molecule has 0 radical (unpaired) electrons. The summed E-state index contributed by atoms with van der Waals surface area (Å²) in [7, 11) is -2.87. The fourth-order valence-electron chi connectivity index (χ4n) is 15.1. The van der Waals surface area contributed by atoms with Crippen LogP contribution in [0.4, 0.5) is 0 Å². The Hall–Kier alpha value is -2.01. The molecule has 8 rings (SSSR count). The van der Waals surface area contributed by atoms with E-state index in [1.807, 2.05) is 5.38 Å². The summed E-state index contributed by atoms with van der Waals surface area (Å²) in [5.74, 6) is 2.88. The van der Waals surface area contributed by atoms with Crippen LogP contribution in [0.5, 0.6) is 5.19 Å². The molecule has 7 aliphatic rings. The van der Waals surface area contributed by atoms with Gasteiger partial charge in [-0.3, -0.25) is 4.79 Å². The lowest BCUT2D eigenvalue weighted by atomic mass is 9.33. The van der Waals surface area contributed by atoms with Crippen LogP contribution in [0.1, 0.15) is 119 Å². The standard InChI is InChI=1S/C46H69N3O5S2/c1-31(2)33-12-19-46(48-22-24-49-25-28-56(52,53)29-26-49)21-20-43(6)35(38(33)46)8-9-37-42(5)15-13-34(41(3,4)36(42)14-16-44(37,43)7)32-10-17-45(18-11-32,39(50)51)30-54-40-47-23-27-55-40/h10,13,23,27,33,35-38,48H,1,8-9,11-12,14-22,24-26,28-30H2,2-7H3,(H,50,51)/t33-,35+,36?,37?,38?,42-,43+,44+,45?,46-/m0/s1. The fourth-order valence-corrected chi connectivity index (χ4v) is 16.8. The number of aliphatic carboxylic acids is 1. The van der Waals surface area contributed by atoms with Crippen LogP contribution in [0.2, 0.25) is 0 Å². The van der Waals surface area contributed by atoms with Gasteiger partial charge in [0, 0.05) is 43.3 Å². The largest absolute Gasteiger partial charge is 0.481 e. The molecule has 6 aliphatic carbocycles. The van der Waals surface area contributed by atoms with Crippen molar-refractivity contribution in [3.05, 3.63) is 47.0 Å². The Bertz CT molecular complexity index is 1860. The molecule has 0 amide bonds. The average molecular weight is 808 g/mol. The van der Waals surface area contributed by atoms with Gasteiger partial charge in [0.15, 0.2) is 9.84 Å². The van der Waals surface area contributed by atoms with Crippen LogP contribution in [0.3, 0.4) is 0 Å². The van der Waals surface area contributed by atoms with Gasteiger partial charge in [0.25, 0.3) is 5.19 Å². The third kappa shape index (κ3) is 6.43. The van der Waals surface area contributed by atoms with E-state index in [0.29, 0.717) is 72.2 Å². The highest BCUT2D eigenvalue weighted by atomic mass is 32.2. The first kappa shape index (κ1) is 40.8. The monoisotopic (exact) mass is 807 g/mol. The summed E-state index contributed by atoms with van der Waals surface area (Å²) >= 11 is 1.41. The molecule has 310 valence electrons. The van der Waals surface area contributed by atoms with E-state index in [1.54, 1.807) is 6.20 Å². The Balaban J connectivity index is 1.01. The topological polar surface area (TPSA) is 109 Å². The van der Waals surface area contributed by atoms with Crippen molar-refractivity contribution in [1.29, 1.82) is 0 Å². The highest BCUT2D eigenvalue weighted by Gasteiger charge is 2.70. The molecule has 1 aromatic rings. The highest BCUT2D eigenvalue weighted by molar-refractivity contribution is 7.91. The SMILES string of the molecule is C=C(C)[C@@H]1CC[C@]2(NCCN3CCS(=O)(=O)CC3)CC[C@]3(C)[C@H](CCC4[C@@]5(C)CC=C(C6=CCC(COc7nccs7)(C(=O)O)CC6)C(C)(C)C5CC[C@]43C)C12. The number of aromatic nitrogens is 1. The minimum absolute atomic E-state index is 0.0131. The van der Waals surface area contributed by atoms with Gasteiger partial charge in [-0.25, -0.2) is 13.4 Å². The van der Waals surface area contributed by atoms with Crippen molar-refractivity contribution in [3.63, 3.8) is 0 Å². The van der Waals surface area contributed by atoms with Crippen molar-refractivity contribution in [3.8, 4) is 5.19 Å². The lowest BCUT2D eigenvalue weighted by molar-refractivity contribution is -0.221. The van der Waals surface area contributed by atoms with Crippen LogP contribution in [-0.2, 0) is 14.6 Å². The van der Waals surface area contributed by atoms with Crippen molar-refractivity contribution < 1.29 is 23.1 Å². The molecule has 2 N–H and O–H groups in total. The lowest BCUT2D eigenvalue weighted by Crippen LogP contribution is -2.68. The second-order valence-corrected chi connectivity index (χ2v) is 24.1. The Morgan fingerprint density at radius 1 is 0.982 bits per heavy atom. The molecule has 1 saturated heterocycles. The summed E-state index contributed by atoms with van der Waals surface area (Å²) in [6, 6.07) is 0. The van der Waals surface area contributed by atoms with E-state index in [4.69, 9.17) is 4.74 Å². The zero-order valence-corrected chi connectivity index (χ0v) is 36.8. The molecule has 4 unspecified atom stereocenters. The Morgan fingerprint density at radius 2 is 1.75 bits per heavy atom. The number of hydrogen-bond acceptors (Lipinski definition) is 8. The van der Waals surface area contributed by atoms with Crippen molar-refractivity contribution in [1.82, 2.24) is 15.2 Å². The van der Waals surface area contributed by atoms with Gasteiger partial charge in [-0.05, 0) is 146 Å². The number of thiazole rings is 1. The molecule has 4 saturated carbocycles. The second-order valence-electron chi connectivity index (χ2n) is 20.9. The van der Waals surface area contributed by atoms with Gasteiger partial charge < -0.3 is 20.1 Å². The van der Waals surface area contributed by atoms with E-state index >= 15 is 0 Å². The number of nitrogens with zero attached hydrogens (tertiary/aromatic N) is 2. The first-order valence-electron chi connectivity index (χ1n) is 21.9. The maximum absolute atomic E-state index is 12.7. The number of fused-ring (bicyclic) bond motifs is 7. The van der Waals surface area contributed by atoms with Crippen molar-refractivity contribution in [2.24, 2.45) is 56.7 Å². The molecule has 0 bridgehead atoms. The van der Waals surface area contributed by atoms with Gasteiger partial charge in [0.05, 0.1) is 11.5 Å². The Labute approximate surface area is 341 Å². The van der Waals surface area contributed by atoms with Crippen molar-refractivity contribution in [2.75, 3.05) is 44.3 Å². The molecule has 5 fully saturated rings. The number of hydrogen-bond donors (Lipinski definition) is 2. The maximum atomic E-state index is 12.7. The predicted octanol–water partition coefficient (Wildman–Crippen LogP) is 8.97. The molecule has 0 aromatic carbocycles. The highest BCUT2D eigenvalue weighted by Crippen LogP contribution is 2.76. The quantitative estimate of drug-likeness (QED) is 0.226. The molecule has 10 heteroatoms. The third-order valence-corrected chi connectivity index (χ3v) is 20.6. The molecule has 1 aromatic heterocycles. The molecule has 2 heterocycles. The van der Waals surface area contributed by atoms with E-state index in [0.717, 1.165) is 25.9 Å². The maximum Gasteiger partial charge on any atom is 0.313 e. The molecule has 56 heavy (non-hydrogen) atoms. The molecular formula is C46H69N3O5S2. The van der Waals surface area contributed by atoms with Gasteiger partial charge in [0.1, 0.15) is 12.0 Å². The zero-order valence-electron chi connectivity index (χ0n) is 35.1. The predicted molar refractivity (Wildman–Crippen MR) is 225 cm³/mol. The van der Waals surface area contributed by atoms with Crippen molar-refractivity contribution in [2.45, 2.75) is 124 Å². The van der Waals surface area contributed by atoms with Gasteiger partial charge in [0.2, 0.25) is 0 Å². The number of rotatable bonds is 10. The van der Waals surface area contributed by atoms with E-state index in [1.165, 1.54) is 79.4 Å². The average Bonchev–Trinajstić information content (AvgIpc) is 3.81. The molecule has 8 nitrogen and oxygen atoms in total. The number of allylic oxidation sites excluding steroid dienone is 5. The van der Waals surface area contributed by atoms with Gasteiger partial charge in [-0.1, -0.05) is 70.3 Å². The van der Waals surface area contributed by atoms with E-state index in [-0.39, 0.29) is 33.8 Å². The van der Waals surface area contributed by atoms with Crippen LogP contribution in [0.25, 0.3) is 0 Å². The lowest BCUT2D eigenvalue weighted by Gasteiger charge is -2.72. The van der Waals surface area contributed by atoms with E-state index in [9.17, 15) is 18.3 Å². The minimum Gasteiger partial charge on any atom is -0.481 e.